The van der Waals surface area contributed by atoms with E-state index in [1.165, 1.54) is 29.4 Å². The molecular weight excluding hydrogens is 437 g/mol. The highest BCUT2D eigenvalue weighted by atomic mass is 19.4. The molecule has 7 nitrogen and oxygen atoms in total. The van der Waals surface area contributed by atoms with E-state index in [4.69, 9.17) is 4.74 Å². The number of benzene rings is 1. The van der Waals surface area contributed by atoms with Crippen LogP contribution >= 0.6 is 0 Å². The highest BCUT2D eigenvalue weighted by molar-refractivity contribution is 6.16. The second-order valence-electron chi connectivity index (χ2n) is 7.55. The van der Waals surface area contributed by atoms with Gasteiger partial charge in [-0.25, -0.2) is 0 Å². The summed E-state index contributed by atoms with van der Waals surface area (Å²) in [4.78, 5) is 31.7. The summed E-state index contributed by atoms with van der Waals surface area (Å²) in [7, 11) is 0. The van der Waals surface area contributed by atoms with Gasteiger partial charge in [0.05, 0.1) is 23.9 Å². The van der Waals surface area contributed by atoms with E-state index in [9.17, 15) is 22.8 Å². The lowest BCUT2D eigenvalue weighted by atomic mass is 10.1. The number of pyridine rings is 1. The first-order chi connectivity index (χ1) is 15.7. The molecule has 0 fully saturated rings. The number of amides is 2. The Balaban J connectivity index is 1.64. The van der Waals surface area contributed by atoms with E-state index in [1.54, 1.807) is 22.9 Å². The van der Waals surface area contributed by atoms with Gasteiger partial charge in [-0.3, -0.25) is 14.6 Å². The van der Waals surface area contributed by atoms with Crippen LogP contribution in [0, 0.1) is 0 Å². The fourth-order valence-corrected chi connectivity index (χ4v) is 3.79. The highest BCUT2D eigenvalue weighted by Gasteiger charge is 2.35. The van der Waals surface area contributed by atoms with E-state index in [-0.39, 0.29) is 23.8 Å². The van der Waals surface area contributed by atoms with Crippen molar-refractivity contribution in [2.45, 2.75) is 26.1 Å². The smallest absolute Gasteiger partial charge is 0.416 e. The third-order valence-electron chi connectivity index (χ3n) is 5.36. The number of nitrogens with zero attached hydrogens (tertiary/aromatic N) is 3. The van der Waals surface area contributed by atoms with E-state index >= 15 is 0 Å². The van der Waals surface area contributed by atoms with E-state index < -0.39 is 23.6 Å². The van der Waals surface area contributed by atoms with Crippen LogP contribution in [0.15, 0.2) is 55.0 Å². The standard InChI is InChI=1S/C23H21F3N4O3/c1-3-33-19-8-10-27-12-18(19)28-21(31)17-9-11-29-14(2)13-30(22(32)20(17)29)16-6-4-15(5-7-16)23(24,25)26/h4-12,14H,3,13H2,1-2H3,(H,28,31)/t14-/m0/s1. The molecule has 1 aromatic carbocycles. The van der Waals surface area contributed by atoms with E-state index in [0.717, 1.165) is 12.1 Å². The molecule has 4 rings (SSSR count). The van der Waals surface area contributed by atoms with Crippen molar-refractivity contribution in [3.05, 3.63) is 71.8 Å². The molecule has 3 heterocycles. The number of fused-ring (bicyclic) bond motifs is 1. The van der Waals surface area contributed by atoms with Crippen LogP contribution in [0.4, 0.5) is 24.5 Å². The van der Waals surface area contributed by atoms with Crippen LogP contribution in [0.5, 0.6) is 5.75 Å². The number of halogens is 3. The Morgan fingerprint density at radius 3 is 2.61 bits per heavy atom. The Morgan fingerprint density at radius 2 is 1.94 bits per heavy atom. The quantitative estimate of drug-likeness (QED) is 0.597. The number of carbonyl (C=O) groups is 2. The lowest BCUT2D eigenvalue weighted by Gasteiger charge is -2.33. The van der Waals surface area contributed by atoms with Crippen LogP contribution in [-0.4, -0.2) is 34.5 Å². The molecule has 10 heteroatoms. The van der Waals surface area contributed by atoms with Crippen molar-refractivity contribution >= 4 is 23.2 Å². The van der Waals surface area contributed by atoms with Gasteiger partial charge in [-0.1, -0.05) is 0 Å². The first-order valence-corrected chi connectivity index (χ1v) is 10.3. The Kier molecular flexibility index (Phi) is 5.84. The number of aromatic nitrogens is 2. The second kappa shape index (κ2) is 8.61. The van der Waals surface area contributed by atoms with Crippen molar-refractivity contribution in [2.24, 2.45) is 0 Å². The minimum Gasteiger partial charge on any atom is -0.492 e. The van der Waals surface area contributed by atoms with Gasteiger partial charge in [-0.05, 0) is 44.2 Å². The highest BCUT2D eigenvalue weighted by Crippen LogP contribution is 2.33. The van der Waals surface area contributed by atoms with Crippen LogP contribution in [-0.2, 0) is 6.18 Å². The van der Waals surface area contributed by atoms with Crippen LogP contribution in [0.2, 0.25) is 0 Å². The van der Waals surface area contributed by atoms with Crippen molar-refractivity contribution in [2.75, 3.05) is 23.4 Å². The molecular formula is C23H21F3N4O3. The maximum Gasteiger partial charge on any atom is 0.416 e. The molecule has 2 aromatic heterocycles. The van der Waals surface area contributed by atoms with Gasteiger partial charge in [0.25, 0.3) is 11.8 Å². The molecule has 33 heavy (non-hydrogen) atoms. The average molecular weight is 458 g/mol. The Labute approximate surface area is 187 Å². The van der Waals surface area contributed by atoms with Crippen molar-refractivity contribution in [1.82, 2.24) is 9.55 Å². The van der Waals surface area contributed by atoms with Crippen LogP contribution in [0.25, 0.3) is 0 Å². The summed E-state index contributed by atoms with van der Waals surface area (Å²) >= 11 is 0. The number of anilines is 2. The van der Waals surface area contributed by atoms with Gasteiger partial charge in [-0.2, -0.15) is 13.2 Å². The lowest BCUT2D eigenvalue weighted by Crippen LogP contribution is -2.43. The van der Waals surface area contributed by atoms with E-state index in [0.29, 0.717) is 23.7 Å². The molecule has 0 saturated heterocycles. The number of hydrogen-bond acceptors (Lipinski definition) is 4. The zero-order chi connectivity index (χ0) is 23.8. The van der Waals surface area contributed by atoms with Gasteiger partial charge in [0.2, 0.25) is 0 Å². The first kappa shape index (κ1) is 22.4. The number of alkyl halides is 3. The molecule has 172 valence electrons. The molecule has 2 amide bonds. The van der Waals surface area contributed by atoms with Crippen LogP contribution < -0.4 is 15.0 Å². The summed E-state index contributed by atoms with van der Waals surface area (Å²) in [6.07, 6.45) is 0.173. The van der Waals surface area contributed by atoms with Gasteiger partial charge in [-0.15, -0.1) is 0 Å². The third kappa shape index (κ3) is 4.28. The predicted molar refractivity (Wildman–Crippen MR) is 116 cm³/mol. The molecule has 1 N–H and O–H groups in total. The topological polar surface area (TPSA) is 76.5 Å². The molecule has 1 atom stereocenters. The normalized spacial score (nSPS) is 15.8. The summed E-state index contributed by atoms with van der Waals surface area (Å²) in [5.41, 5.74) is 0.196. The monoisotopic (exact) mass is 458 g/mol. The van der Waals surface area contributed by atoms with Gasteiger partial charge in [0, 0.05) is 36.7 Å². The Bertz CT molecular complexity index is 1190. The molecule has 0 bridgehead atoms. The van der Waals surface area contributed by atoms with E-state index in [1.807, 2.05) is 13.8 Å². The zero-order valence-electron chi connectivity index (χ0n) is 17.9. The summed E-state index contributed by atoms with van der Waals surface area (Å²) in [5.74, 6) is -0.549. The average Bonchev–Trinajstić information content (AvgIpc) is 3.24. The van der Waals surface area contributed by atoms with E-state index in [2.05, 4.69) is 10.3 Å². The maximum absolute atomic E-state index is 13.3. The molecule has 3 aromatic rings. The summed E-state index contributed by atoms with van der Waals surface area (Å²) < 4.78 is 45.9. The minimum absolute atomic E-state index is 0.148. The number of hydrogen-bond donors (Lipinski definition) is 1. The molecule has 0 unspecified atom stereocenters. The second-order valence-corrected chi connectivity index (χ2v) is 7.55. The number of nitrogens with one attached hydrogen (secondary N) is 1. The maximum atomic E-state index is 13.3. The molecule has 0 aliphatic carbocycles. The third-order valence-corrected chi connectivity index (χ3v) is 5.36. The van der Waals surface area contributed by atoms with Crippen LogP contribution in [0.1, 0.15) is 46.3 Å². The fourth-order valence-electron chi connectivity index (χ4n) is 3.79. The Hall–Kier alpha value is -3.82. The molecule has 0 saturated carbocycles. The molecule has 1 aliphatic heterocycles. The van der Waals surface area contributed by atoms with Gasteiger partial charge in [0.15, 0.2) is 0 Å². The number of carbonyl (C=O) groups excluding carboxylic acids is 2. The van der Waals surface area contributed by atoms with Crippen molar-refractivity contribution < 1.29 is 27.5 Å². The molecule has 0 spiro atoms. The minimum atomic E-state index is -4.47. The predicted octanol–water partition coefficient (Wildman–Crippen LogP) is 4.77. The van der Waals surface area contributed by atoms with Gasteiger partial charge in [0.1, 0.15) is 17.1 Å². The first-order valence-electron chi connectivity index (χ1n) is 10.3. The largest absolute Gasteiger partial charge is 0.492 e. The molecule has 1 aliphatic rings. The number of ether oxygens (including phenoxy) is 1. The number of rotatable bonds is 5. The summed E-state index contributed by atoms with van der Waals surface area (Å²) in [6.45, 7) is 4.33. The fraction of sp³-hybridized carbons (Fsp3) is 0.261. The van der Waals surface area contributed by atoms with Gasteiger partial charge < -0.3 is 19.5 Å². The SMILES string of the molecule is CCOc1ccncc1NC(=O)c1ccn2c1C(=O)N(c1ccc(C(F)(F)F)cc1)C[C@@H]2C. The lowest BCUT2D eigenvalue weighted by molar-refractivity contribution is -0.137. The van der Waals surface area contributed by atoms with Crippen molar-refractivity contribution in [3.8, 4) is 5.75 Å². The summed E-state index contributed by atoms with van der Waals surface area (Å²) in [5, 5.41) is 2.73. The van der Waals surface area contributed by atoms with Crippen LogP contribution in [0.3, 0.4) is 0 Å². The zero-order valence-corrected chi connectivity index (χ0v) is 17.9. The Morgan fingerprint density at radius 1 is 1.21 bits per heavy atom. The molecule has 0 radical (unpaired) electrons. The van der Waals surface area contributed by atoms with Crippen molar-refractivity contribution in [1.29, 1.82) is 0 Å². The summed E-state index contributed by atoms with van der Waals surface area (Å²) in [6, 6.07) is 7.36. The van der Waals surface area contributed by atoms with Crippen molar-refractivity contribution in [3.63, 3.8) is 0 Å². The van der Waals surface area contributed by atoms with Gasteiger partial charge >= 0.3 is 6.18 Å².